The minimum Gasteiger partial charge on any atom is -0.295 e. The summed E-state index contributed by atoms with van der Waals surface area (Å²) in [5.74, 6) is -0.308. The number of hydrogen-bond acceptors (Lipinski definition) is 4. The highest BCUT2D eigenvalue weighted by Gasteiger charge is 2.21. The molecule has 1 N–H and O–H groups in total. The second-order valence-corrected chi connectivity index (χ2v) is 8.38. The number of nitrogens with one attached hydrogen (secondary N) is 1. The first-order valence-electron chi connectivity index (χ1n) is 8.92. The zero-order chi connectivity index (χ0) is 19.5. The Morgan fingerprint density at radius 1 is 1.15 bits per heavy atom. The van der Waals surface area contributed by atoms with Crippen LogP contribution in [0.25, 0.3) is 11.0 Å². The van der Waals surface area contributed by atoms with Gasteiger partial charge in [-0.1, -0.05) is 33.1 Å². The molecule has 1 heterocycles. The number of aryl methyl sites for hydroxylation is 2. The third-order valence-corrected chi connectivity index (χ3v) is 6.19. The fourth-order valence-corrected chi connectivity index (χ4v) is 4.12. The molecule has 1 aromatic heterocycles. The molecule has 1 atom stereocenters. The smallest absolute Gasteiger partial charge is 0.295 e. The van der Waals surface area contributed by atoms with Crippen LogP contribution in [0.15, 0.2) is 27.9 Å². The number of hydrogen-bond donors (Lipinski definition) is 1. The van der Waals surface area contributed by atoms with E-state index in [2.05, 4.69) is 11.6 Å². The Morgan fingerprint density at radius 2 is 1.81 bits per heavy atom. The minimum atomic E-state index is -3.97. The molecule has 0 aliphatic heterocycles. The third kappa shape index (κ3) is 4.17. The first-order chi connectivity index (χ1) is 12.2. The molecular formula is C18H27N3O4S. The minimum absolute atomic E-state index is 0.0267. The fraction of sp³-hybridized carbons (Fsp3) is 0.556. The van der Waals surface area contributed by atoms with Gasteiger partial charge in [-0.25, -0.2) is 17.9 Å². The molecule has 1 aromatic carbocycles. The number of rotatable bonds is 8. The van der Waals surface area contributed by atoms with Crippen LogP contribution in [0.4, 0.5) is 0 Å². The fourth-order valence-electron chi connectivity index (χ4n) is 3.11. The molecule has 0 radical (unpaired) electrons. The van der Waals surface area contributed by atoms with E-state index in [0.29, 0.717) is 11.0 Å². The SMILES string of the molecule is CCCCC(CC)CC(=O)NS(=O)(=O)c1ccc2c(c1)n(C)c(=O)n2C. The van der Waals surface area contributed by atoms with E-state index in [1.807, 2.05) is 6.92 Å². The van der Waals surface area contributed by atoms with Gasteiger partial charge in [0.1, 0.15) is 0 Å². The molecular weight excluding hydrogens is 354 g/mol. The number of nitrogens with zero attached hydrogens (tertiary/aromatic N) is 2. The second-order valence-electron chi connectivity index (χ2n) is 6.70. The van der Waals surface area contributed by atoms with Crippen LogP contribution in [0.1, 0.15) is 46.0 Å². The highest BCUT2D eigenvalue weighted by molar-refractivity contribution is 7.90. The Morgan fingerprint density at radius 3 is 2.42 bits per heavy atom. The van der Waals surface area contributed by atoms with Crippen LogP contribution >= 0.6 is 0 Å². The van der Waals surface area contributed by atoms with Gasteiger partial charge in [-0.2, -0.15) is 0 Å². The molecule has 0 saturated heterocycles. The zero-order valence-electron chi connectivity index (χ0n) is 15.8. The Labute approximate surface area is 154 Å². The highest BCUT2D eigenvalue weighted by Crippen LogP contribution is 2.19. The molecule has 0 aliphatic rings. The lowest BCUT2D eigenvalue weighted by Gasteiger charge is -2.14. The van der Waals surface area contributed by atoms with Gasteiger partial charge in [-0.3, -0.25) is 13.9 Å². The van der Waals surface area contributed by atoms with Gasteiger partial charge >= 0.3 is 5.69 Å². The van der Waals surface area contributed by atoms with Crippen molar-refractivity contribution in [1.29, 1.82) is 0 Å². The molecule has 0 saturated carbocycles. The van der Waals surface area contributed by atoms with Crippen molar-refractivity contribution >= 4 is 27.0 Å². The van der Waals surface area contributed by atoms with Crippen molar-refractivity contribution < 1.29 is 13.2 Å². The maximum atomic E-state index is 12.5. The summed E-state index contributed by atoms with van der Waals surface area (Å²) >= 11 is 0. The number of amides is 1. The quantitative estimate of drug-likeness (QED) is 0.760. The molecule has 144 valence electrons. The standard InChI is InChI=1S/C18H27N3O4S/c1-5-7-8-13(6-2)11-17(22)19-26(24,25)14-9-10-15-16(12-14)21(4)18(23)20(15)3/h9-10,12-13H,5-8,11H2,1-4H3,(H,19,22). The lowest BCUT2D eigenvalue weighted by atomic mass is 9.96. The molecule has 0 fully saturated rings. The third-order valence-electron chi connectivity index (χ3n) is 4.82. The van der Waals surface area contributed by atoms with Crippen LogP contribution in [0, 0.1) is 5.92 Å². The van der Waals surface area contributed by atoms with Crippen molar-refractivity contribution in [3.05, 3.63) is 28.7 Å². The number of aromatic nitrogens is 2. The summed E-state index contributed by atoms with van der Waals surface area (Å²) in [6, 6.07) is 4.40. The summed E-state index contributed by atoms with van der Waals surface area (Å²) < 4.78 is 30.1. The van der Waals surface area contributed by atoms with E-state index in [-0.39, 0.29) is 22.9 Å². The van der Waals surface area contributed by atoms with Crippen LogP contribution in [0.3, 0.4) is 0 Å². The largest absolute Gasteiger partial charge is 0.328 e. The Kier molecular flexibility index (Phi) is 6.28. The monoisotopic (exact) mass is 381 g/mol. The number of imidazole rings is 1. The molecule has 0 aliphatic carbocycles. The van der Waals surface area contributed by atoms with E-state index < -0.39 is 15.9 Å². The average molecular weight is 381 g/mol. The maximum Gasteiger partial charge on any atom is 0.328 e. The van der Waals surface area contributed by atoms with E-state index in [9.17, 15) is 18.0 Å². The molecule has 7 nitrogen and oxygen atoms in total. The van der Waals surface area contributed by atoms with Gasteiger partial charge in [0.15, 0.2) is 0 Å². The van der Waals surface area contributed by atoms with Crippen LogP contribution in [0.5, 0.6) is 0 Å². The lowest BCUT2D eigenvalue weighted by molar-refractivity contribution is -0.120. The summed E-state index contributed by atoms with van der Waals surface area (Å²) in [5.41, 5.74) is 0.899. The van der Waals surface area contributed by atoms with Gasteiger partial charge in [-0.05, 0) is 30.5 Å². The van der Waals surface area contributed by atoms with Crippen LogP contribution in [0.2, 0.25) is 0 Å². The first-order valence-corrected chi connectivity index (χ1v) is 10.4. The summed E-state index contributed by atoms with van der Waals surface area (Å²) in [4.78, 5) is 24.2. The predicted octanol–water partition coefficient (Wildman–Crippen LogP) is 2.29. The second kappa shape index (κ2) is 8.07. The Balaban J connectivity index is 2.22. The van der Waals surface area contributed by atoms with Gasteiger partial charge < -0.3 is 0 Å². The van der Waals surface area contributed by atoms with Gasteiger partial charge in [0, 0.05) is 20.5 Å². The lowest BCUT2D eigenvalue weighted by Crippen LogP contribution is -2.31. The average Bonchev–Trinajstić information content (AvgIpc) is 2.82. The molecule has 2 aromatic rings. The van der Waals surface area contributed by atoms with Gasteiger partial charge in [0.25, 0.3) is 10.0 Å². The van der Waals surface area contributed by atoms with Gasteiger partial charge in [0.2, 0.25) is 5.91 Å². The van der Waals surface area contributed by atoms with E-state index in [4.69, 9.17) is 0 Å². The molecule has 2 rings (SSSR count). The summed E-state index contributed by atoms with van der Waals surface area (Å²) in [5, 5.41) is 0. The number of sulfonamides is 1. The van der Waals surface area contributed by atoms with Crippen LogP contribution in [-0.2, 0) is 28.9 Å². The number of unbranched alkanes of at least 4 members (excludes halogenated alkanes) is 1. The highest BCUT2D eigenvalue weighted by atomic mass is 32.2. The van der Waals surface area contributed by atoms with E-state index in [1.165, 1.54) is 21.3 Å². The summed E-state index contributed by atoms with van der Waals surface area (Å²) in [6.45, 7) is 4.09. The summed E-state index contributed by atoms with van der Waals surface area (Å²) in [7, 11) is -0.760. The molecule has 1 amide bonds. The Bertz CT molecular complexity index is 957. The van der Waals surface area contributed by atoms with E-state index >= 15 is 0 Å². The van der Waals surface area contributed by atoms with Crippen molar-refractivity contribution in [3.63, 3.8) is 0 Å². The van der Waals surface area contributed by atoms with Crippen molar-refractivity contribution in [2.75, 3.05) is 0 Å². The van der Waals surface area contributed by atoms with Crippen LogP contribution in [-0.4, -0.2) is 23.5 Å². The van der Waals surface area contributed by atoms with Crippen molar-refractivity contribution in [1.82, 2.24) is 13.9 Å². The maximum absolute atomic E-state index is 12.5. The number of fused-ring (bicyclic) bond motifs is 1. The molecule has 0 spiro atoms. The van der Waals surface area contributed by atoms with Crippen LogP contribution < -0.4 is 10.4 Å². The zero-order valence-corrected chi connectivity index (χ0v) is 16.6. The van der Waals surface area contributed by atoms with Gasteiger partial charge in [0.05, 0.1) is 15.9 Å². The number of benzene rings is 1. The van der Waals surface area contributed by atoms with Gasteiger partial charge in [-0.15, -0.1) is 0 Å². The molecule has 1 unspecified atom stereocenters. The molecule has 0 bridgehead atoms. The molecule has 8 heteroatoms. The Hall–Kier alpha value is -2.09. The number of carbonyl (C=O) groups is 1. The first kappa shape index (κ1) is 20.2. The topological polar surface area (TPSA) is 90.2 Å². The van der Waals surface area contributed by atoms with Crippen molar-refractivity contribution in [2.24, 2.45) is 20.0 Å². The normalized spacial score (nSPS) is 13.1. The number of carbonyl (C=O) groups excluding carboxylic acids is 1. The molecule has 26 heavy (non-hydrogen) atoms. The van der Waals surface area contributed by atoms with E-state index in [0.717, 1.165) is 25.7 Å². The van der Waals surface area contributed by atoms with E-state index in [1.54, 1.807) is 20.2 Å². The van der Waals surface area contributed by atoms with Crippen molar-refractivity contribution in [2.45, 2.75) is 50.8 Å². The van der Waals surface area contributed by atoms with Crippen molar-refractivity contribution in [3.8, 4) is 0 Å². The predicted molar refractivity (Wildman–Crippen MR) is 101 cm³/mol. The summed E-state index contributed by atoms with van der Waals surface area (Å²) in [6.07, 6.45) is 4.02.